The van der Waals surface area contributed by atoms with Crippen LogP contribution in [-0.4, -0.2) is 29.4 Å². The van der Waals surface area contributed by atoms with E-state index in [4.69, 9.17) is 0 Å². The molecule has 0 rings (SSSR count). The molecule has 0 saturated carbocycles. The van der Waals surface area contributed by atoms with Crippen molar-refractivity contribution >= 4 is 11.7 Å². The molecule has 356 valence electrons. The molecule has 0 aromatic heterocycles. The van der Waals surface area contributed by atoms with Gasteiger partial charge in [0.05, 0.1) is 12.6 Å². The molecule has 0 radical (unpaired) electrons. The third-order valence-electron chi connectivity index (χ3n) is 13.1. The number of hydrogen-bond donors (Lipinski definition) is 2. The smallest absolute Gasteiger partial charge is 0.220 e. The van der Waals surface area contributed by atoms with E-state index in [-0.39, 0.29) is 18.6 Å². The second kappa shape index (κ2) is 52.2. The van der Waals surface area contributed by atoms with Crippen molar-refractivity contribution in [1.82, 2.24) is 5.32 Å². The van der Waals surface area contributed by atoms with E-state index in [0.717, 1.165) is 51.4 Å². The molecule has 4 heteroatoms. The van der Waals surface area contributed by atoms with Crippen molar-refractivity contribution in [3.05, 3.63) is 12.2 Å². The lowest BCUT2D eigenvalue weighted by molar-refractivity contribution is -0.122. The molecule has 1 unspecified atom stereocenters. The van der Waals surface area contributed by atoms with Gasteiger partial charge in [0.2, 0.25) is 5.91 Å². The van der Waals surface area contributed by atoms with Gasteiger partial charge in [0.25, 0.3) is 0 Å². The number of Topliss-reactive ketones (excluding diaryl/α,β-unsaturated/α-hetero) is 1. The third kappa shape index (κ3) is 49.5. The van der Waals surface area contributed by atoms with Crippen LogP contribution in [-0.2, 0) is 9.59 Å². The molecule has 0 aliphatic carbocycles. The number of hydrogen-bond acceptors (Lipinski definition) is 3. The van der Waals surface area contributed by atoms with Crippen LogP contribution in [0.25, 0.3) is 0 Å². The molecule has 0 aromatic carbocycles. The minimum atomic E-state index is -0.0686. The van der Waals surface area contributed by atoms with Gasteiger partial charge < -0.3 is 10.4 Å². The van der Waals surface area contributed by atoms with Crippen LogP contribution in [0.15, 0.2) is 12.2 Å². The number of carbonyl (C=O) groups is 2. The summed E-state index contributed by atoms with van der Waals surface area (Å²) in [6, 6.07) is -0.0686. The normalized spacial score (nSPS) is 12.2. The van der Waals surface area contributed by atoms with Gasteiger partial charge >= 0.3 is 0 Å². The number of ketones is 1. The summed E-state index contributed by atoms with van der Waals surface area (Å²) in [6.45, 7) is 4.63. The zero-order chi connectivity index (χ0) is 43.5. The molecular weight excluding hydrogens is 735 g/mol. The molecule has 0 heterocycles. The van der Waals surface area contributed by atoms with Crippen LogP contribution in [0.4, 0.5) is 0 Å². The number of rotatable bonds is 52. The van der Waals surface area contributed by atoms with Gasteiger partial charge in [-0.25, -0.2) is 0 Å². The SMILES string of the molecule is CCCCCCCCC=CCCCCCCCCCCCC(=O)CCCCCCCCCCCCCCCC(=O)NC(CO)CCCCCCCCCCCCCCCC. The van der Waals surface area contributed by atoms with Crippen LogP contribution in [0.5, 0.6) is 0 Å². The number of allylic oxidation sites excluding steroid dienone is 2. The molecule has 0 aromatic rings. The van der Waals surface area contributed by atoms with Gasteiger partial charge in [-0.05, 0) is 51.4 Å². The average Bonchev–Trinajstić information content (AvgIpc) is 3.25. The van der Waals surface area contributed by atoms with Gasteiger partial charge in [0, 0.05) is 19.3 Å². The Balaban J connectivity index is 3.36. The zero-order valence-electron chi connectivity index (χ0n) is 41.1. The number of nitrogens with one attached hydrogen (secondary N) is 1. The lowest BCUT2D eigenvalue weighted by atomic mass is 10.0. The van der Waals surface area contributed by atoms with Crippen molar-refractivity contribution in [3.63, 3.8) is 0 Å². The number of aliphatic hydroxyl groups is 1. The fourth-order valence-electron chi connectivity index (χ4n) is 8.87. The van der Waals surface area contributed by atoms with E-state index in [0.29, 0.717) is 12.2 Å². The highest BCUT2D eigenvalue weighted by atomic mass is 16.3. The summed E-state index contributed by atoms with van der Waals surface area (Å²) in [5.74, 6) is 0.621. The first-order valence-electron chi connectivity index (χ1n) is 27.7. The Hall–Kier alpha value is -1.16. The van der Waals surface area contributed by atoms with E-state index in [2.05, 4.69) is 31.3 Å². The molecule has 0 spiro atoms. The van der Waals surface area contributed by atoms with E-state index >= 15 is 0 Å². The van der Waals surface area contributed by atoms with Crippen LogP contribution >= 0.6 is 0 Å². The quantitative estimate of drug-likeness (QED) is 0.0473. The van der Waals surface area contributed by atoms with E-state index in [1.165, 1.54) is 250 Å². The maximum absolute atomic E-state index is 12.4. The fraction of sp³-hybridized carbons (Fsp3) is 0.929. The molecule has 60 heavy (non-hydrogen) atoms. The van der Waals surface area contributed by atoms with Crippen molar-refractivity contribution in [3.8, 4) is 0 Å². The average molecular weight is 844 g/mol. The highest BCUT2D eigenvalue weighted by molar-refractivity contribution is 5.78. The van der Waals surface area contributed by atoms with E-state index in [9.17, 15) is 14.7 Å². The molecule has 0 bridgehead atoms. The van der Waals surface area contributed by atoms with Crippen LogP contribution < -0.4 is 5.32 Å². The number of unbranched alkanes of at least 4 members (excludes halogenated alkanes) is 40. The monoisotopic (exact) mass is 844 g/mol. The van der Waals surface area contributed by atoms with Gasteiger partial charge in [-0.15, -0.1) is 0 Å². The van der Waals surface area contributed by atoms with Crippen molar-refractivity contribution in [1.29, 1.82) is 0 Å². The standard InChI is InChI=1S/C56H109NO3/c1-3-5-7-9-11-13-15-17-19-20-21-22-23-26-30-34-38-42-46-50-55(59)51-47-43-39-35-31-27-24-28-32-36-40-44-48-52-56(60)57-54(53-58)49-45-41-37-33-29-25-18-16-14-12-10-8-6-4-2/h17,19,54,58H,3-16,18,20-53H2,1-2H3,(H,57,60). The highest BCUT2D eigenvalue weighted by Gasteiger charge is 2.11. The number of amides is 1. The van der Waals surface area contributed by atoms with Crippen LogP contribution in [0.2, 0.25) is 0 Å². The van der Waals surface area contributed by atoms with E-state index < -0.39 is 0 Å². The molecule has 1 atom stereocenters. The van der Waals surface area contributed by atoms with Crippen LogP contribution in [0.3, 0.4) is 0 Å². The summed E-state index contributed by atoms with van der Waals surface area (Å²) in [5.41, 5.74) is 0. The predicted octanol–water partition coefficient (Wildman–Crippen LogP) is 18.4. The van der Waals surface area contributed by atoms with Crippen LogP contribution in [0.1, 0.15) is 322 Å². The lowest BCUT2D eigenvalue weighted by Crippen LogP contribution is -2.37. The first-order valence-corrected chi connectivity index (χ1v) is 27.7. The predicted molar refractivity (Wildman–Crippen MR) is 266 cm³/mol. The zero-order valence-corrected chi connectivity index (χ0v) is 41.1. The molecule has 2 N–H and O–H groups in total. The summed E-state index contributed by atoms with van der Waals surface area (Å²) < 4.78 is 0. The van der Waals surface area contributed by atoms with Gasteiger partial charge in [-0.3, -0.25) is 9.59 Å². The second-order valence-electron chi connectivity index (χ2n) is 19.2. The van der Waals surface area contributed by atoms with Gasteiger partial charge in [0.1, 0.15) is 5.78 Å². The summed E-state index contributed by atoms with van der Waals surface area (Å²) >= 11 is 0. The summed E-state index contributed by atoms with van der Waals surface area (Å²) in [4.78, 5) is 24.7. The maximum Gasteiger partial charge on any atom is 0.220 e. The Morgan fingerprint density at radius 2 is 0.633 bits per heavy atom. The molecular formula is C56H109NO3. The molecule has 0 aliphatic heterocycles. The summed E-state index contributed by atoms with van der Waals surface area (Å²) in [5, 5.41) is 12.8. The lowest BCUT2D eigenvalue weighted by Gasteiger charge is -2.16. The van der Waals surface area contributed by atoms with Crippen LogP contribution in [0, 0.1) is 0 Å². The van der Waals surface area contributed by atoms with Gasteiger partial charge in [-0.2, -0.15) is 0 Å². The van der Waals surface area contributed by atoms with E-state index in [1.54, 1.807) is 0 Å². The summed E-state index contributed by atoms with van der Waals surface area (Å²) in [7, 11) is 0. The minimum absolute atomic E-state index is 0.0595. The van der Waals surface area contributed by atoms with Crippen molar-refractivity contribution in [2.45, 2.75) is 328 Å². The van der Waals surface area contributed by atoms with Crippen molar-refractivity contribution < 1.29 is 14.7 Å². The molecule has 0 aliphatic rings. The topological polar surface area (TPSA) is 66.4 Å². The largest absolute Gasteiger partial charge is 0.394 e. The number of carbonyl (C=O) groups excluding carboxylic acids is 2. The van der Waals surface area contributed by atoms with Crippen molar-refractivity contribution in [2.75, 3.05) is 6.61 Å². The third-order valence-corrected chi connectivity index (χ3v) is 13.1. The first-order chi connectivity index (χ1) is 29.6. The Morgan fingerprint density at radius 1 is 0.367 bits per heavy atom. The van der Waals surface area contributed by atoms with E-state index in [1.807, 2.05) is 0 Å². The maximum atomic E-state index is 12.4. The molecule has 1 amide bonds. The molecule has 0 saturated heterocycles. The Bertz CT molecular complexity index is 871. The fourth-order valence-corrected chi connectivity index (χ4v) is 8.87. The molecule has 0 fully saturated rings. The van der Waals surface area contributed by atoms with Crippen molar-refractivity contribution in [2.24, 2.45) is 0 Å². The highest BCUT2D eigenvalue weighted by Crippen LogP contribution is 2.17. The molecule has 4 nitrogen and oxygen atoms in total. The number of aliphatic hydroxyl groups excluding tert-OH is 1. The second-order valence-corrected chi connectivity index (χ2v) is 19.2. The Labute approximate surface area is 377 Å². The minimum Gasteiger partial charge on any atom is -0.394 e. The van der Waals surface area contributed by atoms with Gasteiger partial charge in [-0.1, -0.05) is 264 Å². The van der Waals surface area contributed by atoms with Gasteiger partial charge in [0.15, 0.2) is 0 Å². The Kier molecular flexibility index (Phi) is 51.2. The first kappa shape index (κ1) is 58.8. The summed E-state index contributed by atoms with van der Waals surface area (Å²) in [6.07, 6.45) is 65.9. The Morgan fingerprint density at radius 3 is 0.950 bits per heavy atom.